The molecule has 0 radical (unpaired) electrons. The van der Waals surface area contributed by atoms with Crippen LogP contribution >= 0.6 is 35.0 Å². The predicted octanol–water partition coefficient (Wildman–Crippen LogP) is 6.94. The first-order valence-electron chi connectivity index (χ1n) is 8.77. The van der Waals surface area contributed by atoms with Crippen molar-refractivity contribution in [2.24, 2.45) is 0 Å². The van der Waals surface area contributed by atoms with E-state index in [4.69, 9.17) is 27.9 Å². The Morgan fingerprint density at radius 2 is 1.82 bits per heavy atom. The van der Waals surface area contributed by atoms with Crippen LogP contribution in [0.5, 0.6) is 5.75 Å². The molecule has 1 amide bonds. The highest BCUT2D eigenvalue weighted by Gasteiger charge is 2.13. The number of halogens is 2. The number of ether oxygens (including phenoxy) is 1. The van der Waals surface area contributed by atoms with Crippen LogP contribution in [-0.2, 0) is 5.75 Å². The monoisotopic (exact) mass is 431 g/mol. The predicted molar refractivity (Wildman–Crippen MR) is 118 cm³/mol. The number of hydrogen-bond acceptors (Lipinski definition) is 3. The highest BCUT2D eigenvalue weighted by molar-refractivity contribution is 7.98. The molecule has 0 aliphatic heterocycles. The SMILES string of the molecule is CCOc1ccc(C(=O)Nc2ccc(Cl)cc2Cl)cc1CSc1ccccc1. The molecule has 28 heavy (non-hydrogen) atoms. The van der Waals surface area contributed by atoms with Crippen LogP contribution in [0.25, 0.3) is 0 Å². The Morgan fingerprint density at radius 1 is 1.04 bits per heavy atom. The molecule has 0 bridgehead atoms. The van der Waals surface area contributed by atoms with Gasteiger partial charge in [0.25, 0.3) is 5.91 Å². The number of anilines is 1. The van der Waals surface area contributed by atoms with Crippen LogP contribution in [0.2, 0.25) is 10.0 Å². The standard InChI is InChI=1S/C22H19Cl2NO2S/c1-2-27-21-11-8-15(12-16(21)14-28-18-6-4-3-5-7-18)22(26)25-20-10-9-17(23)13-19(20)24/h3-13H,2,14H2,1H3,(H,25,26). The lowest BCUT2D eigenvalue weighted by atomic mass is 10.1. The van der Waals surface area contributed by atoms with E-state index in [2.05, 4.69) is 17.4 Å². The van der Waals surface area contributed by atoms with Gasteiger partial charge in [-0.3, -0.25) is 4.79 Å². The normalized spacial score (nSPS) is 10.5. The molecule has 3 aromatic rings. The number of hydrogen-bond donors (Lipinski definition) is 1. The van der Waals surface area contributed by atoms with E-state index in [1.54, 1.807) is 36.0 Å². The van der Waals surface area contributed by atoms with Crippen LogP contribution in [0.3, 0.4) is 0 Å². The second kappa shape index (κ2) is 9.87. The van der Waals surface area contributed by atoms with Crippen LogP contribution in [0, 0.1) is 0 Å². The zero-order valence-electron chi connectivity index (χ0n) is 15.2. The third-order valence-electron chi connectivity index (χ3n) is 3.94. The van der Waals surface area contributed by atoms with E-state index in [-0.39, 0.29) is 5.91 Å². The van der Waals surface area contributed by atoms with Crippen molar-refractivity contribution in [1.82, 2.24) is 0 Å². The molecule has 0 aliphatic carbocycles. The number of amides is 1. The number of benzene rings is 3. The van der Waals surface area contributed by atoms with Gasteiger partial charge in [-0.2, -0.15) is 0 Å². The number of rotatable bonds is 7. The summed E-state index contributed by atoms with van der Waals surface area (Å²) in [4.78, 5) is 13.9. The molecule has 6 heteroatoms. The third kappa shape index (κ3) is 5.44. The van der Waals surface area contributed by atoms with Crippen LogP contribution in [0.1, 0.15) is 22.8 Å². The van der Waals surface area contributed by atoms with E-state index < -0.39 is 0 Å². The Kier molecular flexibility index (Phi) is 7.26. The van der Waals surface area contributed by atoms with Gasteiger partial charge in [-0.25, -0.2) is 0 Å². The molecule has 0 saturated carbocycles. The van der Waals surface area contributed by atoms with E-state index in [1.807, 2.05) is 37.3 Å². The molecule has 0 aliphatic rings. The highest BCUT2D eigenvalue weighted by atomic mass is 35.5. The summed E-state index contributed by atoms with van der Waals surface area (Å²) in [6.07, 6.45) is 0. The summed E-state index contributed by atoms with van der Waals surface area (Å²) >= 11 is 13.8. The summed E-state index contributed by atoms with van der Waals surface area (Å²) in [5.41, 5.74) is 2.02. The lowest BCUT2D eigenvalue weighted by Crippen LogP contribution is -2.13. The molecule has 0 fully saturated rings. The average molecular weight is 432 g/mol. The zero-order valence-corrected chi connectivity index (χ0v) is 17.6. The van der Waals surface area contributed by atoms with Crippen LogP contribution in [-0.4, -0.2) is 12.5 Å². The van der Waals surface area contributed by atoms with Gasteiger partial charge in [-0.05, 0) is 55.5 Å². The minimum absolute atomic E-state index is 0.238. The van der Waals surface area contributed by atoms with E-state index in [1.165, 1.54) is 0 Å². The summed E-state index contributed by atoms with van der Waals surface area (Å²) in [6, 6.07) is 20.5. The van der Waals surface area contributed by atoms with E-state index in [0.29, 0.717) is 33.7 Å². The molecule has 1 N–H and O–H groups in total. The fourth-order valence-corrected chi connectivity index (χ4v) is 3.95. The van der Waals surface area contributed by atoms with Gasteiger partial charge < -0.3 is 10.1 Å². The van der Waals surface area contributed by atoms with Gasteiger partial charge in [-0.1, -0.05) is 41.4 Å². The van der Waals surface area contributed by atoms with Crippen molar-refractivity contribution in [3.05, 3.63) is 87.9 Å². The van der Waals surface area contributed by atoms with Crippen molar-refractivity contribution in [3.63, 3.8) is 0 Å². The largest absolute Gasteiger partial charge is 0.494 e. The van der Waals surface area contributed by atoms with Crippen molar-refractivity contribution < 1.29 is 9.53 Å². The maximum atomic E-state index is 12.7. The van der Waals surface area contributed by atoms with Gasteiger partial charge in [0, 0.05) is 26.8 Å². The molecule has 0 saturated heterocycles. The minimum atomic E-state index is -0.238. The first kappa shape index (κ1) is 20.6. The van der Waals surface area contributed by atoms with Crippen LogP contribution in [0.15, 0.2) is 71.6 Å². The minimum Gasteiger partial charge on any atom is -0.494 e. The van der Waals surface area contributed by atoms with E-state index >= 15 is 0 Å². The van der Waals surface area contributed by atoms with Gasteiger partial charge in [0.05, 0.1) is 17.3 Å². The van der Waals surface area contributed by atoms with Gasteiger partial charge >= 0.3 is 0 Å². The topological polar surface area (TPSA) is 38.3 Å². The van der Waals surface area contributed by atoms with Crippen molar-refractivity contribution in [2.75, 3.05) is 11.9 Å². The lowest BCUT2D eigenvalue weighted by Gasteiger charge is -2.13. The van der Waals surface area contributed by atoms with Crippen molar-refractivity contribution in [3.8, 4) is 5.75 Å². The molecular weight excluding hydrogens is 413 g/mol. The second-order valence-electron chi connectivity index (χ2n) is 5.94. The fraction of sp³-hybridized carbons (Fsp3) is 0.136. The van der Waals surface area contributed by atoms with Crippen molar-refractivity contribution in [1.29, 1.82) is 0 Å². The molecule has 0 unspecified atom stereocenters. The van der Waals surface area contributed by atoms with Crippen molar-refractivity contribution in [2.45, 2.75) is 17.6 Å². The van der Waals surface area contributed by atoms with Gasteiger partial charge in [0.1, 0.15) is 5.75 Å². The molecule has 144 valence electrons. The number of carbonyl (C=O) groups is 1. The van der Waals surface area contributed by atoms with Gasteiger partial charge in [-0.15, -0.1) is 11.8 Å². The molecule has 0 aromatic heterocycles. The molecular formula is C22H19Cl2NO2S. The van der Waals surface area contributed by atoms with Crippen LogP contribution < -0.4 is 10.1 Å². The molecule has 0 spiro atoms. The molecule has 0 atom stereocenters. The Balaban J connectivity index is 1.79. The molecule has 3 nitrogen and oxygen atoms in total. The van der Waals surface area contributed by atoms with Crippen LogP contribution in [0.4, 0.5) is 5.69 Å². The lowest BCUT2D eigenvalue weighted by molar-refractivity contribution is 0.102. The first-order valence-corrected chi connectivity index (χ1v) is 10.5. The fourth-order valence-electron chi connectivity index (χ4n) is 2.59. The van der Waals surface area contributed by atoms with E-state index in [9.17, 15) is 4.79 Å². The summed E-state index contributed by atoms with van der Waals surface area (Å²) in [5.74, 6) is 1.24. The Morgan fingerprint density at radius 3 is 2.54 bits per heavy atom. The Hall–Kier alpha value is -2.14. The maximum absolute atomic E-state index is 12.7. The summed E-state index contributed by atoms with van der Waals surface area (Å²) < 4.78 is 5.73. The quantitative estimate of drug-likeness (QED) is 0.411. The van der Waals surface area contributed by atoms with Gasteiger partial charge in [0.15, 0.2) is 0 Å². The zero-order chi connectivity index (χ0) is 19.9. The number of nitrogens with one attached hydrogen (secondary N) is 1. The summed E-state index contributed by atoms with van der Waals surface area (Å²) in [6.45, 7) is 2.51. The van der Waals surface area contributed by atoms with E-state index in [0.717, 1.165) is 16.2 Å². The second-order valence-corrected chi connectivity index (χ2v) is 7.83. The summed E-state index contributed by atoms with van der Waals surface area (Å²) in [7, 11) is 0. The summed E-state index contributed by atoms with van der Waals surface area (Å²) in [5, 5.41) is 3.74. The Bertz CT molecular complexity index is 964. The average Bonchev–Trinajstić information content (AvgIpc) is 2.70. The molecule has 3 rings (SSSR count). The molecule has 0 heterocycles. The van der Waals surface area contributed by atoms with Crippen molar-refractivity contribution >= 4 is 46.6 Å². The number of carbonyl (C=O) groups excluding carboxylic acids is 1. The van der Waals surface area contributed by atoms with Gasteiger partial charge in [0.2, 0.25) is 0 Å². The molecule has 3 aromatic carbocycles. The number of thioether (sulfide) groups is 1. The third-order valence-corrected chi connectivity index (χ3v) is 5.55. The first-order chi connectivity index (χ1) is 13.6. The maximum Gasteiger partial charge on any atom is 0.255 e. The smallest absolute Gasteiger partial charge is 0.255 e. The highest BCUT2D eigenvalue weighted by Crippen LogP contribution is 2.30. The Labute approximate surface area is 179 Å².